The van der Waals surface area contributed by atoms with Gasteiger partial charge in [-0.3, -0.25) is 9.59 Å². The summed E-state index contributed by atoms with van der Waals surface area (Å²) in [5, 5.41) is 0. The lowest BCUT2D eigenvalue weighted by Gasteiger charge is -2.33. The first-order valence-electron chi connectivity index (χ1n) is 10.4. The number of carbonyl (C=O) groups excluding carboxylic acids is 2. The molecule has 1 aliphatic rings. The summed E-state index contributed by atoms with van der Waals surface area (Å²) in [6.45, 7) is 5.08. The third kappa shape index (κ3) is 7.08. The molecular weight excluding hydrogens is 417 g/mol. The Morgan fingerprint density at radius 2 is 2.00 bits per heavy atom. The van der Waals surface area contributed by atoms with Gasteiger partial charge < -0.3 is 14.4 Å². The molecule has 5 nitrogen and oxygen atoms in total. The average molecular weight is 446 g/mol. The largest absolute Gasteiger partial charge is 0.491 e. The summed E-state index contributed by atoms with van der Waals surface area (Å²) >= 11 is 1.75. The summed E-state index contributed by atoms with van der Waals surface area (Å²) in [6.07, 6.45) is 0.218. The molecule has 2 aromatic carbocycles. The van der Waals surface area contributed by atoms with E-state index in [0.29, 0.717) is 31.9 Å². The number of nitrogens with zero attached hydrogens (tertiary/aromatic N) is 1. The van der Waals surface area contributed by atoms with Gasteiger partial charge in [-0.1, -0.05) is 29.8 Å². The van der Waals surface area contributed by atoms with Crippen LogP contribution in [0.3, 0.4) is 0 Å². The molecule has 0 aromatic heterocycles. The molecule has 166 valence electrons. The predicted molar refractivity (Wildman–Crippen MR) is 120 cm³/mol. The second-order valence-electron chi connectivity index (χ2n) is 7.63. The van der Waals surface area contributed by atoms with Gasteiger partial charge in [0.05, 0.1) is 18.7 Å². The second-order valence-corrected chi connectivity index (χ2v) is 8.73. The Kier molecular flexibility index (Phi) is 8.49. The quantitative estimate of drug-likeness (QED) is 0.426. The maximum absolute atomic E-state index is 13.9. The zero-order valence-electron chi connectivity index (χ0n) is 17.9. The Balaban J connectivity index is 1.40. The lowest BCUT2D eigenvalue weighted by molar-refractivity contribution is -0.139. The van der Waals surface area contributed by atoms with Gasteiger partial charge in [-0.25, -0.2) is 4.39 Å². The van der Waals surface area contributed by atoms with Gasteiger partial charge in [0.25, 0.3) is 0 Å². The summed E-state index contributed by atoms with van der Waals surface area (Å²) in [7, 11) is 0. The number of rotatable bonds is 9. The SMILES string of the molecule is CC(=O)c1ccc(OCC2CN(C(=O)CCSCc3ccc(C)cc3)CCO2)cc1F. The van der Waals surface area contributed by atoms with Gasteiger partial charge >= 0.3 is 0 Å². The molecule has 0 spiro atoms. The third-order valence-corrected chi connectivity index (χ3v) is 6.13. The fraction of sp³-hybridized carbons (Fsp3) is 0.417. The first-order valence-corrected chi connectivity index (χ1v) is 11.5. The smallest absolute Gasteiger partial charge is 0.223 e. The van der Waals surface area contributed by atoms with Gasteiger partial charge in [-0.05, 0) is 31.5 Å². The number of halogens is 1. The van der Waals surface area contributed by atoms with Gasteiger partial charge in [0, 0.05) is 30.5 Å². The molecule has 2 aromatic rings. The van der Waals surface area contributed by atoms with Gasteiger partial charge in [-0.15, -0.1) is 0 Å². The molecule has 1 atom stereocenters. The minimum Gasteiger partial charge on any atom is -0.491 e. The number of carbonyl (C=O) groups is 2. The van der Waals surface area contributed by atoms with Crippen LogP contribution in [0.15, 0.2) is 42.5 Å². The van der Waals surface area contributed by atoms with E-state index in [2.05, 4.69) is 31.2 Å². The molecule has 1 saturated heterocycles. The van der Waals surface area contributed by atoms with E-state index in [1.54, 1.807) is 17.8 Å². The fourth-order valence-electron chi connectivity index (χ4n) is 3.30. The van der Waals surface area contributed by atoms with Gasteiger partial charge in [0.15, 0.2) is 5.78 Å². The molecule has 1 unspecified atom stereocenters. The van der Waals surface area contributed by atoms with Crippen LogP contribution in [0.1, 0.15) is 34.8 Å². The number of ketones is 1. The summed E-state index contributed by atoms with van der Waals surface area (Å²) < 4.78 is 25.2. The van der Waals surface area contributed by atoms with Crippen molar-refractivity contribution >= 4 is 23.5 Å². The Bertz CT molecular complexity index is 903. The molecule has 1 aliphatic heterocycles. The number of benzene rings is 2. The van der Waals surface area contributed by atoms with Crippen LogP contribution in [0.25, 0.3) is 0 Å². The van der Waals surface area contributed by atoms with E-state index in [1.807, 2.05) is 4.90 Å². The van der Waals surface area contributed by atoms with Crippen molar-refractivity contribution in [2.24, 2.45) is 0 Å². The van der Waals surface area contributed by atoms with Gasteiger partial charge in [0.2, 0.25) is 5.91 Å². The minimum atomic E-state index is -0.602. The number of hydrogen-bond acceptors (Lipinski definition) is 5. The molecule has 0 aliphatic carbocycles. The summed E-state index contributed by atoms with van der Waals surface area (Å²) in [6, 6.07) is 12.6. The number of amides is 1. The Morgan fingerprint density at radius 3 is 2.71 bits per heavy atom. The highest BCUT2D eigenvalue weighted by Gasteiger charge is 2.24. The van der Waals surface area contributed by atoms with Crippen LogP contribution in [-0.4, -0.2) is 54.8 Å². The van der Waals surface area contributed by atoms with Gasteiger partial charge in [-0.2, -0.15) is 11.8 Å². The second kappa shape index (κ2) is 11.3. The number of Topliss-reactive ketones (excluding diaryl/α,β-unsaturated/α-hetero) is 1. The molecular formula is C24H28FNO4S. The summed E-state index contributed by atoms with van der Waals surface area (Å²) in [5.74, 6) is 1.18. The molecule has 0 N–H and O–H groups in total. The van der Waals surface area contributed by atoms with E-state index < -0.39 is 5.82 Å². The average Bonchev–Trinajstić information content (AvgIpc) is 2.76. The normalized spacial score (nSPS) is 16.2. The zero-order chi connectivity index (χ0) is 22.2. The van der Waals surface area contributed by atoms with E-state index in [-0.39, 0.29) is 30.0 Å². The molecule has 7 heteroatoms. The number of aryl methyl sites for hydroxylation is 1. The number of thioether (sulfide) groups is 1. The zero-order valence-corrected chi connectivity index (χ0v) is 18.8. The van der Waals surface area contributed by atoms with Crippen LogP contribution in [-0.2, 0) is 15.3 Å². The highest BCUT2D eigenvalue weighted by molar-refractivity contribution is 7.98. The Labute approximate surface area is 186 Å². The minimum absolute atomic E-state index is 0.0401. The summed E-state index contributed by atoms with van der Waals surface area (Å²) in [4.78, 5) is 25.7. The van der Waals surface area contributed by atoms with Crippen molar-refractivity contribution in [1.29, 1.82) is 0 Å². The molecule has 1 amide bonds. The van der Waals surface area contributed by atoms with Gasteiger partial charge in [0.1, 0.15) is 24.3 Å². The first-order chi connectivity index (χ1) is 14.9. The maximum Gasteiger partial charge on any atom is 0.223 e. The number of hydrogen-bond donors (Lipinski definition) is 0. The van der Waals surface area contributed by atoms with Crippen LogP contribution < -0.4 is 4.74 Å². The van der Waals surface area contributed by atoms with Crippen molar-refractivity contribution in [3.05, 3.63) is 65.0 Å². The molecule has 1 heterocycles. The first kappa shape index (κ1) is 23.3. The topological polar surface area (TPSA) is 55.8 Å². The molecule has 0 saturated carbocycles. The molecule has 1 fully saturated rings. The molecule has 0 radical (unpaired) electrons. The van der Waals surface area contributed by atoms with Crippen molar-refractivity contribution in [1.82, 2.24) is 4.90 Å². The number of ether oxygens (including phenoxy) is 2. The highest BCUT2D eigenvalue weighted by Crippen LogP contribution is 2.19. The highest BCUT2D eigenvalue weighted by atomic mass is 32.2. The van der Waals surface area contributed by atoms with Crippen LogP contribution in [0, 0.1) is 12.7 Å². The monoisotopic (exact) mass is 445 g/mol. The van der Waals surface area contributed by atoms with E-state index in [4.69, 9.17) is 9.47 Å². The van der Waals surface area contributed by atoms with Crippen molar-refractivity contribution in [2.45, 2.75) is 32.1 Å². The van der Waals surface area contributed by atoms with E-state index in [1.165, 1.54) is 30.2 Å². The molecule has 0 bridgehead atoms. The van der Waals surface area contributed by atoms with Crippen LogP contribution in [0.4, 0.5) is 4.39 Å². The van der Waals surface area contributed by atoms with Crippen molar-refractivity contribution in [3.8, 4) is 5.75 Å². The number of morpholine rings is 1. The predicted octanol–water partition coefficient (Wildman–Crippen LogP) is 4.27. The third-order valence-electron chi connectivity index (χ3n) is 5.10. The van der Waals surface area contributed by atoms with Crippen LogP contribution in [0.5, 0.6) is 5.75 Å². The van der Waals surface area contributed by atoms with Crippen molar-refractivity contribution < 1.29 is 23.5 Å². The van der Waals surface area contributed by atoms with Crippen LogP contribution >= 0.6 is 11.8 Å². The van der Waals surface area contributed by atoms with Crippen molar-refractivity contribution in [2.75, 3.05) is 32.1 Å². The fourth-order valence-corrected chi connectivity index (χ4v) is 4.19. The van der Waals surface area contributed by atoms with E-state index in [0.717, 1.165) is 11.5 Å². The maximum atomic E-state index is 13.9. The summed E-state index contributed by atoms with van der Waals surface area (Å²) in [5.41, 5.74) is 2.55. The van der Waals surface area contributed by atoms with E-state index >= 15 is 0 Å². The van der Waals surface area contributed by atoms with E-state index in [9.17, 15) is 14.0 Å². The molecule has 31 heavy (non-hydrogen) atoms. The standard InChI is InChI=1S/C24H28FNO4S/c1-17-3-5-19(6-4-17)16-31-12-9-24(28)26-10-11-29-21(14-26)15-30-20-7-8-22(18(2)27)23(25)13-20/h3-8,13,21H,9-12,14-16H2,1-2H3. The Hall–Kier alpha value is -2.38. The Morgan fingerprint density at radius 1 is 1.23 bits per heavy atom. The lowest BCUT2D eigenvalue weighted by atomic mass is 10.1. The van der Waals surface area contributed by atoms with Crippen LogP contribution in [0.2, 0.25) is 0 Å². The molecule has 3 rings (SSSR count). The lowest BCUT2D eigenvalue weighted by Crippen LogP contribution is -2.47. The van der Waals surface area contributed by atoms with Crippen molar-refractivity contribution in [3.63, 3.8) is 0 Å².